The molecule has 1 N–H and O–H groups in total. The molecule has 0 aromatic heterocycles. The maximum absolute atomic E-state index is 12.2. The minimum atomic E-state index is -1.17. The second-order valence-corrected chi connectivity index (χ2v) is 7.42. The Hall–Kier alpha value is -2.42. The normalized spacial score (nSPS) is 33.3. The van der Waals surface area contributed by atoms with Crippen LogP contribution in [0.2, 0.25) is 0 Å². The molecule has 0 saturated carbocycles. The van der Waals surface area contributed by atoms with E-state index in [-0.39, 0.29) is 12.5 Å². The lowest BCUT2D eigenvalue weighted by molar-refractivity contribution is -0.162. The molecule has 0 aromatic carbocycles. The average molecular weight is 396 g/mol. The lowest BCUT2D eigenvalue weighted by Crippen LogP contribution is -2.47. The van der Waals surface area contributed by atoms with Gasteiger partial charge in [0.2, 0.25) is 0 Å². The summed E-state index contributed by atoms with van der Waals surface area (Å²) in [6.45, 7) is 6.97. The first-order valence-corrected chi connectivity index (χ1v) is 9.39. The summed E-state index contributed by atoms with van der Waals surface area (Å²) >= 11 is 0. The van der Waals surface area contributed by atoms with E-state index in [0.717, 1.165) is 0 Å². The van der Waals surface area contributed by atoms with Crippen molar-refractivity contribution in [1.29, 1.82) is 0 Å². The monoisotopic (exact) mass is 396 g/mol. The number of aliphatic carboxylic acids is 1. The fraction of sp³-hybridized carbons (Fsp3) is 0.684. The number of carboxylic acids is 1. The van der Waals surface area contributed by atoms with Crippen LogP contribution in [-0.4, -0.2) is 59.5 Å². The van der Waals surface area contributed by atoms with E-state index in [2.05, 4.69) is 6.58 Å². The highest BCUT2D eigenvalue weighted by Crippen LogP contribution is 2.51. The first-order chi connectivity index (χ1) is 13.2. The van der Waals surface area contributed by atoms with E-state index < -0.39 is 60.1 Å². The van der Waals surface area contributed by atoms with Gasteiger partial charge in [0.05, 0.1) is 0 Å². The molecule has 3 aliphatic heterocycles. The maximum atomic E-state index is 12.2. The zero-order valence-electron chi connectivity index (χ0n) is 15.8. The Morgan fingerprint density at radius 2 is 1.96 bits per heavy atom. The Labute approximate surface area is 161 Å². The van der Waals surface area contributed by atoms with Crippen molar-refractivity contribution >= 4 is 23.9 Å². The topological polar surface area (TPSA) is 125 Å². The minimum Gasteiger partial charge on any atom is -0.481 e. The molecule has 28 heavy (non-hydrogen) atoms. The number of rotatable bonds is 9. The van der Waals surface area contributed by atoms with Crippen molar-refractivity contribution in [3.05, 3.63) is 12.2 Å². The van der Waals surface area contributed by atoms with Crippen LogP contribution in [0.15, 0.2) is 12.2 Å². The van der Waals surface area contributed by atoms with Crippen LogP contribution in [0.25, 0.3) is 0 Å². The highest BCUT2D eigenvalue weighted by molar-refractivity contribution is 5.87. The molecule has 0 radical (unpaired) electrons. The van der Waals surface area contributed by atoms with E-state index in [1.807, 2.05) is 6.92 Å². The van der Waals surface area contributed by atoms with Crippen LogP contribution in [0.1, 0.15) is 39.5 Å². The number of fused-ring (bicyclic) bond motifs is 1. The highest BCUT2D eigenvalue weighted by atomic mass is 16.7. The number of hydrogen-bond donors (Lipinski definition) is 1. The summed E-state index contributed by atoms with van der Waals surface area (Å²) in [4.78, 5) is 47.2. The highest BCUT2D eigenvalue weighted by Gasteiger charge is 2.71. The van der Waals surface area contributed by atoms with Gasteiger partial charge < -0.3 is 24.1 Å². The van der Waals surface area contributed by atoms with E-state index in [1.165, 1.54) is 0 Å². The second-order valence-electron chi connectivity index (χ2n) is 7.42. The lowest BCUT2D eigenvalue weighted by Gasteiger charge is -2.26. The van der Waals surface area contributed by atoms with Crippen LogP contribution in [0.5, 0.6) is 0 Å². The Morgan fingerprint density at radius 3 is 2.57 bits per heavy atom. The van der Waals surface area contributed by atoms with Crippen LogP contribution in [0.3, 0.4) is 0 Å². The molecule has 3 aliphatic rings. The van der Waals surface area contributed by atoms with E-state index in [0.29, 0.717) is 24.8 Å². The summed E-state index contributed by atoms with van der Waals surface area (Å²) in [6, 6.07) is 0. The molecule has 3 saturated heterocycles. The van der Waals surface area contributed by atoms with Crippen LogP contribution in [0.4, 0.5) is 0 Å². The molecule has 9 heteroatoms. The third kappa shape index (κ3) is 3.63. The summed E-state index contributed by atoms with van der Waals surface area (Å²) < 4.78 is 21.5. The van der Waals surface area contributed by atoms with E-state index in [9.17, 15) is 24.3 Å². The minimum absolute atomic E-state index is 0.0663. The molecule has 2 bridgehead atoms. The van der Waals surface area contributed by atoms with Crippen LogP contribution in [-0.2, 0) is 38.1 Å². The standard InChI is InChI=1S/C19H24O9/c1-4-9(25-18(23)8(2)3)6-5-7-10(20)26-15-13-11(17(21)22)12-14(27-13)16(15)28-19(12)24/h9,11-16H,2,4-7H2,1,3H3,(H,21,22). The average Bonchev–Trinajstić information content (AvgIpc) is 3.24. The second kappa shape index (κ2) is 7.90. The van der Waals surface area contributed by atoms with Gasteiger partial charge in [-0.2, -0.15) is 0 Å². The molecule has 7 atom stereocenters. The predicted molar refractivity (Wildman–Crippen MR) is 91.9 cm³/mol. The fourth-order valence-corrected chi connectivity index (χ4v) is 4.04. The van der Waals surface area contributed by atoms with Crippen molar-refractivity contribution in [3.8, 4) is 0 Å². The van der Waals surface area contributed by atoms with Crippen molar-refractivity contribution < 1.29 is 43.2 Å². The molecule has 0 amide bonds. The van der Waals surface area contributed by atoms with Gasteiger partial charge in [0, 0.05) is 12.0 Å². The van der Waals surface area contributed by atoms with Gasteiger partial charge in [-0.05, 0) is 26.2 Å². The first kappa shape index (κ1) is 20.3. The number of carbonyl (C=O) groups excluding carboxylic acids is 3. The summed E-state index contributed by atoms with van der Waals surface area (Å²) in [5, 5.41) is 9.39. The van der Waals surface area contributed by atoms with Crippen molar-refractivity contribution in [2.75, 3.05) is 0 Å². The van der Waals surface area contributed by atoms with Crippen molar-refractivity contribution in [2.45, 2.75) is 70.1 Å². The van der Waals surface area contributed by atoms with Gasteiger partial charge in [0.1, 0.15) is 30.1 Å². The van der Waals surface area contributed by atoms with Gasteiger partial charge in [0.25, 0.3) is 0 Å². The van der Waals surface area contributed by atoms with Gasteiger partial charge in [0.15, 0.2) is 12.2 Å². The predicted octanol–water partition coefficient (Wildman–Crippen LogP) is 0.990. The summed E-state index contributed by atoms with van der Waals surface area (Å²) in [6.07, 6.45) is -1.96. The zero-order valence-corrected chi connectivity index (χ0v) is 15.8. The number of ether oxygens (including phenoxy) is 4. The molecule has 3 rings (SSSR count). The number of carboxylic acid groups (broad SMARTS) is 1. The van der Waals surface area contributed by atoms with E-state index in [1.54, 1.807) is 6.92 Å². The summed E-state index contributed by atoms with van der Waals surface area (Å²) in [7, 11) is 0. The van der Waals surface area contributed by atoms with E-state index in [4.69, 9.17) is 18.9 Å². The smallest absolute Gasteiger partial charge is 0.333 e. The lowest BCUT2D eigenvalue weighted by atomic mass is 9.78. The summed E-state index contributed by atoms with van der Waals surface area (Å²) in [5.74, 6) is -4.69. The number of carbonyl (C=O) groups is 4. The number of hydrogen-bond acceptors (Lipinski definition) is 8. The van der Waals surface area contributed by atoms with Gasteiger partial charge in [-0.1, -0.05) is 13.5 Å². The Balaban J connectivity index is 1.50. The van der Waals surface area contributed by atoms with Crippen molar-refractivity contribution in [3.63, 3.8) is 0 Å². The largest absolute Gasteiger partial charge is 0.481 e. The van der Waals surface area contributed by atoms with Gasteiger partial charge >= 0.3 is 23.9 Å². The van der Waals surface area contributed by atoms with Crippen LogP contribution in [0, 0.1) is 11.8 Å². The molecule has 154 valence electrons. The third-order valence-corrected chi connectivity index (χ3v) is 5.44. The quantitative estimate of drug-likeness (QED) is 0.345. The van der Waals surface area contributed by atoms with Crippen LogP contribution >= 0.6 is 0 Å². The Bertz CT molecular complexity index is 700. The van der Waals surface area contributed by atoms with Crippen molar-refractivity contribution in [2.24, 2.45) is 11.8 Å². The van der Waals surface area contributed by atoms with Gasteiger partial charge in [-0.15, -0.1) is 0 Å². The van der Waals surface area contributed by atoms with E-state index >= 15 is 0 Å². The van der Waals surface area contributed by atoms with Gasteiger partial charge in [-0.3, -0.25) is 14.4 Å². The molecule has 9 nitrogen and oxygen atoms in total. The molecular weight excluding hydrogens is 372 g/mol. The molecule has 0 spiro atoms. The first-order valence-electron chi connectivity index (χ1n) is 9.39. The SMILES string of the molecule is C=C(C)C(=O)OC(CC)CCCC(=O)OC1C2OC(=O)C3C2OC1C3C(=O)O. The van der Waals surface area contributed by atoms with Crippen LogP contribution < -0.4 is 0 Å². The molecular formula is C19H24O9. The Morgan fingerprint density at radius 1 is 1.25 bits per heavy atom. The fourth-order valence-electron chi connectivity index (χ4n) is 4.04. The molecule has 3 heterocycles. The Kier molecular flexibility index (Phi) is 5.74. The number of esters is 3. The molecule has 0 aliphatic carbocycles. The summed E-state index contributed by atoms with van der Waals surface area (Å²) in [5.41, 5.74) is 0.312. The zero-order chi connectivity index (χ0) is 20.6. The van der Waals surface area contributed by atoms with Gasteiger partial charge in [-0.25, -0.2) is 4.79 Å². The van der Waals surface area contributed by atoms with Crippen molar-refractivity contribution in [1.82, 2.24) is 0 Å². The maximum Gasteiger partial charge on any atom is 0.333 e. The molecule has 7 unspecified atom stereocenters. The molecule has 0 aromatic rings. The third-order valence-electron chi connectivity index (χ3n) is 5.44. The molecule has 3 fully saturated rings.